The predicted molar refractivity (Wildman–Crippen MR) is 92.0 cm³/mol. The third-order valence-corrected chi connectivity index (χ3v) is 3.80. The first kappa shape index (κ1) is 15.0. The van der Waals surface area contributed by atoms with Crippen LogP contribution >= 0.6 is 0 Å². The van der Waals surface area contributed by atoms with Crippen LogP contribution in [0.4, 0.5) is 5.69 Å². The Labute approximate surface area is 135 Å². The Morgan fingerprint density at radius 1 is 0.826 bits per heavy atom. The van der Waals surface area contributed by atoms with E-state index in [2.05, 4.69) is 0 Å². The molecule has 0 aliphatic heterocycles. The molecule has 3 heteroatoms. The monoisotopic (exact) mass is 303 g/mol. The smallest absolute Gasteiger partial charge is 0.195 e. The molecule has 1 unspecified atom stereocenters. The zero-order chi connectivity index (χ0) is 16.2. The number of aliphatic hydroxyl groups is 1. The van der Waals surface area contributed by atoms with Gasteiger partial charge in [-0.15, -0.1) is 0 Å². The van der Waals surface area contributed by atoms with Crippen LogP contribution in [0, 0.1) is 0 Å². The number of anilines is 1. The zero-order valence-electron chi connectivity index (χ0n) is 12.5. The number of para-hydroxylation sites is 1. The fourth-order valence-corrected chi connectivity index (χ4v) is 2.52. The van der Waals surface area contributed by atoms with Gasteiger partial charge in [0.2, 0.25) is 0 Å². The summed E-state index contributed by atoms with van der Waals surface area (Å²) in [5.41, 5.74) is 9.61. The molecule has 0 amide bonds. The second-order valence-corrected chi connectivity index (χ2v) is 5.34. The highest BCUT2D eigenvalue weighted by molar-refractivity contribution is 5.99. The Morgan fingerprint density at radius 3 is 2.09 bits per heavy atom. The number of benzene rings is 3. The number of ketones is 1. The summed E-state index contributed by atoms with van der Waals surface area (Å²) in [6.07, 6.45) is -1.17. The second kappa shape index (κ2) is 6.46. The molecule has 0 bridgehead atoms. The van der Waals surface area contributed by atoms with Crippen LogP contribution in [-0.2, 0) is 0 Å². The molecule has 1 atom stereocenters. The number of hydrogen-bond acceptors (Lipinski definition) is 3. The summed E-state index contributed by atoms with van der Waals surface area (Å²) >= 11 is 0. The Hall–Kier alpha value is -2.91. The highest BCUT2D eigenvalue weighted by Gasteiger charge is 2.18. The fourth-order valence-electron chi connectivity index (χ4n) is 2.52. The van der Waals surface area contributed by atoms with Crippen molar-refractivity contribution in [1.82, 2.24) is 0 Å². The molecule has 114 valence electrons. The molecule has 0 aromatic heterocycles. The number of nitrogen functional groups attached to an aromatic ring is 1. The van der Waals surface area contributed by atoms with Gasteiger partial charge in [0, 0.05) is 16.8 Å². The Morgan fingerprint density at radius 2 is 1.43 bits per heavy atom. The van der Waals surface area contributed by atoms with Crippen molar-refractivity contribution in [2.24, 2.45) is 0 Å². The summed E-state index contributed by atoms with van der Waals surface area (Å²) in [5.74, 6) is -0.308. The summed E-state index contributed by atoms with van der Waals surface area (Å²) in [6, 6.07) is 23.6. The van der Waals surface area contributed by atoms with Crippen molar-refractivity contribution in [3.05, 3.63) is 90.0 Å². The summed E-state index contributed by atoms with van der Waals surface area (Å²) in [5, 5.41) is 10.3. The maximum atomic E-state index is 12.3. The number of carbonyl (C=O) groups excluding carboxylic acids is 1. The summed E-state index contributed by atoms with van der Waals surface area (Å²) in [6.45, 7) is 0. The first-order valence-electron chi connectivity index (χ1n) is 7.39. The van der Waals surface area contributed by atoms with Crippen molar-refractivity contribution < 1.29 is 9.90 Å². The van der Waals surface area contributed by atoms with E-state index in [0.29, 0.717) is 16.8 Å². The minimum absolute atomic E-state index is 0.308. The van der Waals surface area contributed by atoms with E-state index in [4.69, 9.17) is 5.73 Å². The minimum Gasteiger partial charge on any atom is -0.398 e. The SMILES string of the molecule is Nc1ccccc1-c1ccc(C(O)C(=O)c2ccccc2)cc1. The first-order chi connectivity index (χ1) is 11.2. The molecule has 0 fully saturated rings. The zero-order valence-corrected chi connectivity index (χ0v) is 12.5. The van der Waals surface area contributed by atoms with Gasteiger partial charge in [-0.25, -0.2) is 0 Å². The van der Waals surface area contributed by atoms with E-state index < -0.39 is 6.10 Å². The third-order valence-electron chi connectivity index (χ3n) is 3.80. The molecule has 3 rings (SSSR count). The Balaban J connectivity index is 1.85. The normalized spacial score (nSPS) is 11.9. The number of rotatable bonds is 4. The largest absolute Gasteiger partial charge is 0.398 e. The lowest BCUT2D eigenvalue weighted by molar-refractivity contribution is 0.0747. The molecule has 0 aliphatic carbocycles. The van der Waals surface area contributed by atoms with Crippen LogP contribution in [0.3, 0.4) is 0 Å². The van der Waals surface area contributed by atoms with E-state index in [-0.39, 0.29) is 5.78 Å². The van der Waals surface area contributed by atoms with Gasteiger partial charge in [0.15, 0.2) is 5.78 Å². The van der Waals surface area contributed by atoms with Crippen LogP contribution in [0.15, 0.2) is 78.9 Å². The van der Waals surface area contributed by atoms with Crippen LogP contribution in [-0.4, -0.2) is 10.9 Å². The standard InChI is InChI=1S/C20H17NO2/c21-18-9-5-4-8-17(18)14-10-12-16(13-11-14)20(23)19(22)15-6-2-1-3-7-15/h1-13,20,23H,21H2. The molecular formula is C20H17NO2. The lowest BCUT2D eigenvalue weighted by Crippen LogP contribution is -2.12. The quantitative estimate of drug-likeness (QED) is 0.568. The number of aliphatic hydroxyl groups excluding tert-OH is 1. The van der Waals surface area contributed by atoms with Gasteiger partial charge in [0.25, 0.3) is 0 Å². The van der Waals surface area contributed by atoms with Gasteiger partial charge in [-0.05, 0) is 17.2 Å². The fraction of sp³-hybridized carbons (Fsp3) is 0.0500. The molecule has 23 heavy (non-hydrogen) atoms. The van der Waals surface area contributed by atoms with Gasteiger partial charge in [-0.3, -0.25) is 4.79 Å². The van der Waals surface area contributed by atoms with E-state index in [1.54, 1.807) is 36.4 Å². The maximum Gasteiger partial charge on any atom is 0.195 e. The van der Waals surface area contributed by atoms with Gasteiger partial charge < -0.3 is 10.8 Å². The van der Waals surface area contributed by atoms with Crippen LogP contribution in [0.5, 0.6) is 0 Å². The van der Waals surface area contributed by atoms with E-state index in [0.717, 1.165) is 11.1 Å². The molecule has 0 saturated carbocycles. The molecule has 3 nitrogen and oxygen atoms in total. The molecule has 0 radical (unpaired) electrons. The topological polar surface area (TPSA) is 63.3 Å². The van der Waals surface area contributed by atoms with E-state index in [1.165, 1.54) is 0 Å². The van der Waals surface area contributed by atoms with Gasteiger partial charge in [-0.2, -0.15) is 0 Å². The van der Waals surface area contributed by atoms with E-state index in [1.807, 2.05) is 42.5 Å². The third kappa shape index (κ3) is 3.15. The molecular weight excluding hydrogens is 286 g/mol. The summed E-state index contributed by atoms with van der Waals surface area (Å²) in [7, 11) is 0. The lowest BCUT2D eigenvalue weighted by Gasteiger charge is -2.11. The first-order valence-corrected chi connectivity index (χ1v) is 7.39. The molecule has 0 saturated heterocycles. The van der Waals surface area contributed by atoms with E-state index in [9.17, 15) is 9.90 Å². The van der Waals surface area contributed by atoms with Crippen molar-refractivity contribution in [3.63, 3.8) is 0 Å². The van der Waals surface area contributed by atoms with Crippen molar-refractivity contribution in [2.75, 3.05) is 5.73 Å². The van der Waals surface area contributed by atoms with Crippen LogP contribution in [0.2, 0.25) is 0 Å². The maximum absolute atomic E-state index is 12.3. The van der Waals surface area contributed by atoms with Gasteiger partial charge >= 0.3 is 0 Å². The number of nitrogens with two attached hydrogens (primary N) is 1. The van der Waals surface area contributed by atoms with Gasteiger partial charge in [0.1, 0.15) is 6.10 Å². The Kier molecular flexibility index (Phi) is 4.22. The van der Waals surface area contributed by atoms with Crippen molar-refractivity contribution >= 4 is 11.5 Å². The van der Waals surface area contributed by atoms with Crippen LogP contribution in [0.1, 0.15) is 22.0 Å². The van der Waals surface area contributed by atoms with Gasteiger partial charge in [-0.1, -0.05) is 72.8 Å². The molecule has 0 spiro atoms. The highest BCUT2D eigenvalue weighted by Crippen LogP contribution is 2.27. The number of Topliss-reactive ketones (excluding diaryl/α,β-unsaturated/α-hetero) is 1. The number of carbonyl (C=O) groups is 1. The lowest BCUT2D eigenvalue weighted by atomic mass is 9.97. The van der Waals surface area contributed by atoms with Gasteiger partial charge in [0.05, 0.1) is 0 Å². The summed E-state index contributed by atoms with van der Waals surface area (Å²) < 4.78 is 0. The number of hydrogen-bond donors (Lipinski definition) is 2. The average Bonchev–Trinajstić information content (AvgIpc) is 2.62. The second-order valence-electron chi connectivity index (χ2n) is 5.34. The van der Waals surface area contributed by atoms with Crippen LogP contribution < -0.4 is 5.73 Å². The van der Waals surface area contributed by atoms with Crippen molar-refractivity contribution in [3.8, 4) is 11.1 Å². The predicted octanol–water partition coefficient (Wildman–Crippen LogP) is 3.85. The van der Waals surface area contributed by atoms with Crippen molar-refractivity contribution in [2.45, 2.75) is 6.10 Å². The molecule has 0 aliphatic rings. The van der Waals surface area contributed by atoms with E-state index >= 15 is 0 Å². The molecule has 0 heterocycles. The van der Waals surface area contributed by atoms with Crippen molar-refractivity contribution in [1.29, 1.82) is 0 Å². The Bertz CT molecular complexity index is 811. The van der Waals surface area contributed by atoms with Crippen LogP contribution in [0.25, 0.3) is 11.1 Å². The average molecular weight is 303 g/mol. The highest BCUT2D eigenvalue weighted by atomic mass is 16.3. The molecule has 3 aromatic rings. The molecule has 3 N–H and O–H groups in total. The molecule has 3 aromatic carbocycles. The minimum atomic E-state index is -1.17. The summed E-state index contributed by atoms with van der Waals surface area (Å²) in [4.78, 5) is 12.3.